The van der Waals surface area contributed by atoms with E-state index in [1.165, 1.54) is 51.3 Å². The molecule has 1 aromatic carbocycles. The van der Waals surface area contributed by atoms with Gasteiger partial charge in [0.25, 0.3) is 5.91 Å². The molecule has 0 bridgehead atoms. The Bertz CT molecular complexity index is 1320. The normalized spacial score (nSPS) is 22.8. The molecular formula is C20H20ClN7O8S2. The molecule has 18 heteroatoms. The molecule has 4 N–H and O–H groups in total. The molecule has 0 spiro atoms. The third-order valence-corrected chi connectivity index (χ3v) is 8.92. The van der Waals surface area contributed by atoms with Gasteiger partial charge in [-0.2, -0.15) is 0 Å². The van der Waals surface area contributed by atoms with Crippen LogP contribution >= 0.6 is 35.1 Å². The van der Waals surface area contributed by atoms with Gasteiger partial charge in [-0.15, -0.1) is 16.9 Å². The zero-order valence-corrected chi connectivity index (χ0v) is 21.9. The second kappa shape index (κ2) is 11.0. The number of halogens is 1. The minimum absolute atomic E-state index is 0.0697. The van der Waals surface area contributed by atoms with Crippen molar-refractivity contribution in [3.8, 4) is 5.75 Å². The van der Waals surface area contributed by atoms with Gasteiger partial charge in [0, 0.05) is 30.7 Å². The number of rotatable bonds is 10. The number of aromatic nitrogens is 4. The summed E-state index contributed by atoms with van der Waals surface area (Å²) in [6, 6.07) is 2.78. The lowest BCUT2D eigenvalue weighted by Crippen LogP contribution is -2.74. The Labute approximate surface area is 227 Å². The molecule has 38 heavy (non-hydrogen) atoms. The summed E-state index contributed by atoms with van der Waals surface area (Å²) in [5.74, 6) is -3.69. The fourth-order valence-corrected chi connectivity index (χ4v) is 6.58. The molecule has 0 saturated carbocycles. The number of carbonyl (C=O) groups excluding carboxylic acids is 2. The Hall–Kier alpha value is -3.57. The number of phenols is 1. The number of amides is 2. The van der Waals surface area contributed by atoms with Crippen molar-refractivity contribution < 1.29 is 39.3 Å². The molecular weight excluding hydrogens is 566 g/mol. The van der Waals surface area contributed by atoms with E-state index < -0.39 is 47.2 Å². The molecule has 2 aromatic rings. The lowest BCUT2D eigenvalue weighted by atomic mass is 9.89. The fourth-order valence-electron chi connectivity index (χ4n) is 3.69. The zero-order valence-electron chi connectivity index (χ0n) is 19.5. The number of β-lactam (4-membered cyclic amide) rings is 1. The summed E-state index contributed by atoms with van der Waals surface area (Å²) in [6.07, 6.45) is 0. The van der Waals surface area contributed by atoms with Crippen LogP contribution in [0, 0.1) is 5.41 Å². The molecule has 0 radical (unpaired) electrons. The number of phenolic OH excluding ortho intramolecular Hbond substituents is 1. The van der Waals surface area contributed by atoms with Gasteiger partial charge >= 0.3 is 11.9 Å². The van der Waals surface area contributed by atoms with Crippen LogP contribution in [0.25, 0.3) is 0 Å². The Morgan fingerprint density at radius 1 is 1.37 bits per heavy atom. The van der Waals surface area contributed by atoms with Crippen LogP contribution in [0.15, 0.2) is 28.5 Å². The maximum Gasteiger partial charge on any atom is 0.344 e. The second-order valence-corrected chi connectivity index (χ2v) is 10.8. The highest BCUT2D eigenvalue weighted by Crippen LogP contribution is 2.44. The van der Waals surface area contributed by atoms with Crippen LogP contribution in [-0.2, 0) is 31.1 Å². The van der Waals surface area contributed by atoms with Crippen molar-refractivity contribution in [2.24, 2.45) is 17.6 Å². The molecule has 1 aromatic heterocycles. The van der Waals surface area contributed by atoms with E-state index in [0.29, 0.717) is 5.16 Å². The highest BCUT2D eigenvalue weighted by Gasteiger charge is 2.57. The van der Waals surface area contributed by atoms with Gasteiger partial charge in [0.1, 0.15) is 22.6 Å². The molecule has 2 aliphatic heterocycles. The van der Waals surface area contributed by atoms with Crippen molar-refractivity contribution in [3.05, 3.63) is 28.8 Å². The number of fused-ring (bicyclic) bond motifs is 1. The Balaban J connectivity index is 1.46. The number of nitrogens with zero attached hydrogens (tertiary/aromatic N) is 6. The summed E-state index contributed by atoms with van der Waals surface area (Å²) in [5, 5.41) is 45.5. The van der Waals surface area contributed by atoms with E-state index >= 15 is 0 Å². The van der Waals surface area contributed by atoms with E-state index in [1.807, 2.05) is 0 Å². The number of tetrazole rings is 1. The van der Waals surface area contributed by atoms with Crippen LogP contribution < -0.4 is 5.32 Å². The molecule has 2 aliphatic rings. The van der Waals surface area contributed by atoms with Gasteiger partial charge in [0.15, 0.2) is 5.71 Å². The van der Waals surface area contributed by atoms with Gasteiger partial charge < -0.3 is 30.4 Å². The number of aromatic hydroxyl groups is 1. The van der Waals surface area contributed by atoms with Gasteiger partial charge in [-0.25, -0.2) is 9.48 Å². The van der Waals surface area contributed by atoms with Crippen LogP contribution in [-0.4, -0.2) is 106 Å². The molecule has 2 unspecified atom stereocenters. The molecule has 4 rings (SSSR count). The number of hydrogen-bond donors (Lipinski definition) is 4. The average molecular weight is 586 g/mol. The Morgan fingerprint density at radius 2 is 2.13 bits per heavy atom. The van der Waals surface area contributed by atoms with Crippen molar-refractivity contribution >= 4 is 64.6 Å². The van der Waals surface area contributed by atoms with Gasteiger partial charge in [-0.1, -0.05) is 28.5 Å². The number of nitrogens with one attached hydrogen (secondary N) is 1. The van der Waals surface area contributed by atoms with E-state index in [1.54, 1.807) is 7.05 Å². The first kappa shape index (κ1) is 27.5. The minimum Gasteiger partial charge on any atom is -0.506 e. The summed E-state index contributed by atoms with van der Waals surface area (Å²) in [6.45, 7) is -0.892. The number of carboxylic acid groups (broad SMARTS) is 2. The topological polar surface area (TPSA) is 209 Å². The van der Waals surface area contributed by atoms with Crippen LogP contribution in [0.3, 0.4) is 0 Å². The number of benzene rings is 1. The molecule has 2 amide bonds. The molecule has 2 saturated heterocycles. The van der Waals surface area contributed by atoms with E-state index in [-0.39, 0.29) is 40.1 Å². The first-order valence-electron chi connectivity index (χ1n) is 10.7. The van der Waals surface area contributed by atoms with Crippen molar-refractivity contribution in [3.63, 3.8) is 0 Å². The SMILES string of the molecule is Cn1nnnc1SCC1(C(=O)O)CS[C@@H]2C(NC(=O)C(=NOCC(=O)O)c3ccc(O)c(Cl)c3)C(=O)N2C1. The van der Waals surface area contributed by atoms with Crippen LogP contribution in [0.1, 0.15) is 5.56 Å². The standard InChI is InChI=1S/C20H20ClN7O8S2/c1-27-19(23-25-26-27)38-8-20(18(34)35)6-28-16(33)14(17(28)37-7-20)22-15(32)13(24-36-5-12(30)31)9-2-3-11(29)10(21)4-9/h2-4,14,17,29H,5-8H2,1H3,(H,22,32)(H,30,31)(H,34,35)/t14?,17-,20?/m1/s1. The van der Waals surface area contributed by atoms with E-state index in [0.717, 1.165) is 0 Å². The maximum absolute atomic E-state index is 13.1. The largest absolute Gasteiger partial charge is 0.506 e. The first-order valence-corrected chi connectivity index (χ1v) is 13.2. The quantitative estimate of drug-likeness (QED) is 0.122. The number of oxime groups is 1. The van der Waals surface area contributed by atoms with E-state index in [9.17, 15) is 29.4 Å². The predicted octanol–water partition coefficient (Wildman–Crippen LogP) is -0.362. The van der Waals surface area contributed by atoms with E-state index in [2.05, 4.69) is 26.0 Å². The summed E-state index contributed by atoms with van der Waals surface area (Å²) in [5.41, 5.74) is -1.52. The number of carbonyl (C=O) groups is 4. The summed E-state index contributed by atoms with van der Waals surface area (Å²) >= 11 is 8.30. The zero-order chi connectivity index (χ0) is 27.6. The molecule has 3 atom stereocenters. The van der Waals surface area contributed by atoms with Crippen molar-refractivity contribution in [1.82, 2.24) is 30.4 Å². The van der Waals surface area contributed by atoms with Crippen LogP contribution in [0.2, 0.25) is 5.02 Å². The number of aliphatic carboxylic acids is 2. The lowest BCUT2D eigenvalue weighted by molar-refractivity contribution is -0.157. The fraction of sp³-hybridized carbons (Fsp3) is 0.400. The monoisotopic (exact) mass is 585 g/mol. The van der Waals surface area contributed by atoms with Crippen LogP contribution in [0.4, 0.5) is 0 Å². The maximum atomic E-state index is 13.1. The smallest absolute Gasteiger partial charge is 0.344 e. The molecule has 2 fully saturated rings. The highest BCUT2D eigenvalue weighted by atomic mass is 35.5. The third-order valence-electron chi connectivity index (χ3n) is 5.72. The molecule has 15 nitrogen and oxygen atoms in total. The first-order chi connectivity index (χ1) is 18.0. The summed E-state index contributed by atoms with van der Waals surface area (Å²) < 4.78 is 1.42. The number of thioether (sulfide) groups is 2. The molecule has 3 heterocycles. The molecule has 0 aliphatic carbocycles. The van der Waals surface area contributed by atoms with Crippen molar-refractivity contribution in [2.45, 2.75) is 16.6 Å². The average Bonchev–Trinajstić information content (AvgIpc) is 3.29. The highest BCUT2D eigenvalue weighted by molar-refractivity contribution is 8.00. The second-order valence-electron chi connectivity index (χ2n) is 8.35. The summed E-state index contributed by atoms with van der Waals surface area (Å²) in [4.78, 5) is 55.1. The lowest BCUT2D eigenvalue weighted by Gasteiger charge is -2.53. The van der Waals surface area contributed by atoms with Crippen molar-refractivity contribution in [2.75, 3.05) is 24.7 Å². The third kappa shape index (κ3) is 5.48. The predicted molar refractivity (Wildman–Crippen MR) is 133 cm³/mol. The Morgan fingerprint density at radius 3 is 2.76 bits per heavy atom. The van der Waals surface area contributed by atoms with E-state index in [4.69, 9.17) is 21.5 Å². The minimum atomic E-state index is -1.32. The van der Waals surface area contributed by atoms with Crippen molar-refractivity contribution in [1.29, 1.82) is 0 Å². The van der Waals surface area contributed by atoms with Crippen LogP contribution in [0.5, 0.6) is 5.75 Å². The summed E-state index contributed by atoms with van der Waals surface area (Å²) in [7, 11) is 1.63. The number of carboxylic acids is 2. The number of aryl methyl sites for hydroxylation is 1. The van der Waals surface area contributed by atoms with Gasteiger partial charge in [0.05, 0.1) is 5.02 Å². The Kier molecular flexibility index (Phi) is 7.98. The van der Waals surface area contributed by atoms with Gasteiger partial charge in [-0.3, -0.25) is 14.4 Å². The van der Waals surface area contributed by atoms with Gasteiger partial charge in [-0.05, 0) is 28.6 Å². The molecule has 202 valence electrons. The van der Waals surface area contributed by atoms with Gasteiger partial charge in [0.2, 0.25) is 17.7 Å². The number of hydrogen-bond acceptors (Lipinski definition) is 12.